The molecule has 0 radical (unpaired) electrons. The third-order valence-corrected chi connectivity index (χ3v) is 7.50. The first-order valence-corrected chi connectivity index (χ1v) is 11.7. The van der Waals surface area contributed by atoms with Gasteiger partial charge in [-0.05, 0) is 47.2 Å². The van der Waals surface area contributed by atoms with Crippen molar-refractivity contribution in [2.24, 2.45) is 0 Å². The lowest BCUT2D eigenvalue weighted by Gasteiger charge is -2.36. The number of fused-ring (bicyclic) bond motifs is 3. The van der Waals surface area contributed by atoms with E-state index in [-0.39, 0.29) is 5.91 Å². The molecule has 5 rings (SSSR count). The average Bonchev–Trinajstić information content (AvgIpc) is 3.27. The molecule has 5 nitrogen and oxygen atoms in total. The van der Waals surface area contributed by atoms with Crippen LogP contribution in [0.15, 0.2) is 65.6 Å². The van der Waals surface area contributed by atoms with Crippen molar-refractivity contribution in [3.63, 3.8) is 0 Å². The van der Waals surface area contributed by atoms with Crippen molar-refractivity contribution in [1.82, 2.24) is 4.90 Å². The van der Waals surface area contributed by atoms with Gasteiger partial charge in [0.1, 0.15) is 5.75 Å². The van der Waals surface area contributed by atoms with Crippen molar-refractivity contribution in [3.8, 4) is 5.75 Å². The van der Waals surface area contributed by atoms with Crippen molar-refractivity contribution in [2.45, 2.75) is 4.90 Å². The van der Waals surface area contributed by atoms with Crippen LogP contribution < -0.4 is 9.64 Å². The summed E-state index contributed by atoms with van der Waals surface area (Å²) in [5.74, 6) is 0.926. The molecular formula is C24H22N2O3S2. The van der Waals surface area contributed by atoms with Crippen LogP contribution in [0.1, 0.15) is 9.67 Å². The number of piperazine rings is 1. The standard InChI is InChI=1S/C24H22N2O3S2/c1-29-18-8-6-17(7-9-18)25-10-12-26(13-11-25)24(27)22-15-16-14-21(31-28)19-4-2-3-5-20(19)23(16)30-22/h2-9,14-15,28H,10-13H2,1H3. The Bertz CT molecular complexity index is 1250. The normalized spacial score (nSPS) is 14.4. The van der Waals surface area contributed by atoms with Crippen LogP contribution in [-0.4, -0.2) is 48.6 Å². The fourth-order valence-corrected chi connectivity index (χ4v) is 5.74. The van der Waals surface area contributed by atoms with E-state index in [4.69, 9.17) is 4.74 Å². The van der Waals surface area contributed by atoms with E-state index >= 15 is 0 Å². The van der Waals surface area contributed by atoms with Gasteiger partial charge in [0.05, 0.1) is 12.0 Å². The van der Waals surface area contributed by atoms with Crippen LogP contribution in [0.5, 0.6) is 5.75 Å². The van der Waals surface area contributed by atoms with Gasteiger partial charge in [0.25, 0.3) is 5.91 Å². The summed E-state index contributed by atoms with van der Waals surface area (Å²) >= 11 is 2.29. The summed E-state index contributed by atoms with van der Waals surface area (Å²) in [6.45, 7) is 2.99. The van der Waals surface area contributed by atoms with Crippen molar-refractivity contribution in [3.05, 3.63) is 65.5 Å². The largest absolute Gasteiger partial charge is 0.497 e. The van der Waals surface area contributed by atoms with Gasteiger partial charge in [-0.1, -0.05) is 24.3 Å². The molecule has 4 aromatic rings. The summed E-state index contributed by atoms with van der Waals surface area (Å²) < 4.78 is 16.0. The average molecular weight is 451 g/mol. The van der Waals surface area contributed by atoms with Crippen LogP contribution in [0.3, 0.4) is 0 Å². The predicted octanol–water partition coefficient (Wildman–Crippen LogP) is 5.59. The van der Waals surface area contributed by atoms with Gasteiger partial charge in [-0.15, -0.1) is 11.3 Å². The Labute approximate surface area is 189 Å². The number of anilines is 1. The lowest BCUT2D eigenvalue weighted by atomic mass is 10.1. The van der Waals surface area contributed by atoms with Crippen molar-refractivity contribution in [1.29, 1.82) is 0 Å². The molecule has 0 aliphatic carbocycles. The molecule has 1 N–H and O–H groups in total. The molecule has 1 aliphatic rings. The van der Waals surface area contributed by atoms with Crippen LogP contribution in [0.4, 0.5) is 5.69 Å². The number of methoxy groups -OCH3 is 1. The Morgan fingerprint density at radius 2 is 1.71 bits per heavy atom. The third kappa shape index (κ3) is 3.73. The summed E-state index contributed by atoms with van der Waals surface area (Å²) in [5, 5.41) is 3.09. The molecule has 1 aliphatic heterocycles. The van der Waals surface area contributed by atoms with Crippen LogP contribution in [0.25, 0.3) is 20.9 Å². The number of thiophene rings is 1. The van der Waals surface area contributed by atoms with Gasteiger partial charge in [0, 0.05) is 58.9 Å². The number of nitrogens with zero attached hydrogens (tertiary/aromatic N) is 2. The quantitative estimate of drug-likeness (QED) is 0.411. The second-order valence-corrected chi connectivity index (χ2v) is 9.19. The van der Waals surface area contributed by atoms with Gasteiger partial charge in [0.15, 0.2) is 0 Å². The van der Waals surface area contributed by atoms with Gasteiger partial charge < -0.3 is 19.1 Å². The van der Waals surface area contributed by atoms with E-state index in [9.17, 15) is 9.35 Å². The number of carbonyl (C=O) groups excluding carboxylic acids is 1. The molecule has 1 fully saturated rings. The fourth-order valence-electron chi connectivity index (χ4n) is 4.14. The second kappa shape index (κ2) is 8.42. The van der Waals surface area contributed by atoms with Crippen molar-refractivity contribution in [2.75, 3.05) is 38.2 Å². The molecule has 1 saturated heterocycles. The van der Waals surface area contributed by atoms with Crippen LogP contribution in [0, 0.1) is 0 Å². The first-order valence-electron chi connectivity index (χ1n) is 10.1. The SMILES string of the molecule is COc1ccc(N2CCN(C(=O)c3cc4cc(SO)c5ccccc5c4s3)CC2)cc1. The van der Waals surface area contributed by atoms with Crippen molar-refractivity contribution < 1.29 is 14.1 Å². The van der Waals surface area contributed by atoms with Crippen LogP contribution in [-0.2, 0) is 0 Å². The lowest BCUT2D eigenvalue weighted by molar-refractivity contribution is 0.0751. The number of benzene rings is 3. The maximum absolute atomic E-state index is 13.2. The van der Waals surface area contributed by atoms with Crippen LogP contribution in [0.2, 0.25) is 0 Å². The second-order valence-electron chi connectivity index (χ2n) is 7.52. The Morgan fingerprint density at radius 3 is 2.39 bits per heavy atom. The Kier molecular flexibility index (Phi) is 5.48. The zero-order valence-corrected chi connectivity index (χ0v) is 18.7. The van der Waals surface area contributed by atoms with Gasteiger partial charge >= 0.3 is 0 Å². The molecule has 0 spiro atoms. The topological polar surface area (TPSA) is 53.0 Å². The summed E-state index contributed by atoms with van der Waals surface area (Å²) in [5.41, 5.74) is 1.15. The third-order valence-electron chi connectivity index (χ3n) is 5.80. The van der Waals surface area contributed by atoms with E-state index in [1.807, 2.05) is 47.4 Å². The smallest absolute Gasteiger partial charge is 0.264 e. The van der Waals surface area contributed by atoms with E-state index in [0.717, 1.165) is 67.2 Å². The lowest BCUT2D eigenvalue weighted by Crippen LogP contribution is -2.48. The summed E-state index contributed by atoms with van der Waals surface area (Å²) in [6, 6.07) is 20.0. The van der Waals surface area contributed by atoms with Gasteiger partial charge in [-0.25, -0.2) is 0 Å². The highest BCUT2D eigenvalue weighted by atomic mass is 32.2. The minimum atomic E-state index is 0.0814. The zero-order valence-electron chi connectivity index (χ0n) is 17.1. The molecule has 3 aromatic carbocycles. The molecule has 7 heteroatoms. The highest BCUT2D eigenvalue weighted by molar-refractivity contribution is 7.94. The number of amides is 1. The molecule has 1 aromatic heterocycles. The first-order chi connectivity index (χ1) is 15.2. The number of hydrogen-bond acceptors (Lipinski definition) is 6. The monoisotopic (exact) mass is 450 g/mol. The zero-order chi connectivity index (χ0) is 21.4. The molecular weight excluding hydrogens is 428 g/mol. The number of ether oxygens (including phenoxy) is 1. The summed E-state index contributed by atoms with van der Waals surface area (Å²) in [4.78, 5) is 19.0. The Balaban J connectivity index is 1.36. The molecule has 0 saturated carbocycles. The van der Waals surface area contributed by atoms with E-state index in [1.54, 1.807) is 7.11 Å². The van der Waals surface area contributed by atoms with E-state index in [0.29, 0.717) is 13.1 Å². The molecule has 158 valence electrons. The minimum Gasteiger partial charge on any atom is -0.497 e. The predicted molar refractivity (Wildman–Crippen MR) is 129 cm³/mol. The molecule has 0 atom stereocenters. The fraction of sp³-hybridized carbons (Fsp3) is 0.208. The van der Waals surface area contributed by atoms with Gasteiger partial charge in [-0.3, -0.25) is 4.79 Å². The van der Waals surface area contributed by atoms with Gasteiger partial charge in [-0.2, -0.15) is 0 Å². The maximum Gasteiger partial charge on any atom is 0.264 e. The minimum absolute atomic E-state index is 0.0814. The molecule has 2 heterocycles. The highest BCUT2D eigenvalue weighted by Gasteiger charge is 2.24. The van der Waals surface area contributed by atoms with Crippen LogP contribution >= 0.6 is 23.4 Å². The van der Waals surface area contributed by atoms with E-state index in [2.05, 4.69) is 23.1 Å². The maximum atomic E-state index is 13.2. The molecule has 1 amide bonds. The summed E-state index contributed by atoms with van der Waals surface area (Å²) in [7, 11) is 1.67. The Morgan fingerprint density at radius 1 is 1.00 bits per heavy atom. The molecule has 31 heavy (non-hydrogen) atoms. The molecule has 0 unspecified atom stereocenters. The van der Waals surface area contributed by atoms with E-state index in [1.165, 1.54) is 11.3 Å². The van der Waals surface area contributed by atoms with E-state index < -0.39 is 0 Å². The molecule has 0 bridgehead atoms. The Hall–Kier alpha value is -2.74. The number of hydrogen-bond donors (Lipinski definition) is 1. The first kappa shape index (κ1) is 20.2. The highest BCUT2D eigenvalue weighted by Crippen LogP contribution is 2.38. The van der Waals surface area contributed by atoms with Gasteiger partial charge in [0.2, 0.25) is 0 Å². The summed E-state index contributed by atoms with van der Waals surface area (Å²) in [6.07, 6.45) is 0. The number of carbonyl (C=O) groups is 1. The van der Waals surface area contributed by atoms with Crippen molar-refractivity contribution >= 4 is 55.8 Å². The number of rotatable bonds is 4.